The van der Waals surface area contributed by atoms with E-state index in [-0.39, 0.29) is 18.7 Å². The zero-order valence-corrected chi connectivity index (χ0v) is 13.8. The van der Waals surface area contributed by atoms with E-state index in [1.807, 2.05) is 12.1 Å². The first-order valence-electron chi connectivity index (χ1n) is 6.65. The number of nitrogens with zero attached hydrogens (tertiary/aromatic N) is 1. The summed E-state index contributed by atoms with van der Waals surface area (Å²) in [5.74, 6) is -0.961. The van der Waals surface area contributed by atoms with Crippen LogP contribution >= 0.6 is 27.3 Å². The van der Waals surface area contributed by atoms with Crippen molar-refractivity contribution in [3.05, 3.63) is 20.8 Å². The largest absolute Gasteiger partial charge is 0.480 e. The van der Waals surface area contributed by atoms with Crippen LogP contribution in [0.15, 0.2) is 15.9 Å². The number of carbonyl (C=O) groups is 2. The van der Waals surface area contributed by atoms with Crippen LogP contribution in [0.5, 0.6) is 0 Å². The summed E-state index contributed by atoms with van der Waals surface area (Å²) < 4.78 is 6.29. The number of halogens is 1. The standard InChI is InChI=1S/C13H17BrN2O4S/c14-11-2-1-10(21-11)7-15-13(19)16-5-3-9(4-6-16)20-8-12(17)18/h1-2,9H,3-8H2,(H,15,19)(H,17,18). The topological polar surface area (TPSA) is 78.9 Å². The molecule has 21 heavy (non-hydrogen) atoms. The molecule has 0 aromatic carbocycles. The summed E-state index contributed by atoms with van der Waals surface area (Å²) in [6.45, 7) is 1.42. The van der Waals surface area contributed by atoms with E-state index in [1.54, 1.807) is 16.2 Å². The van der Waals surface area contributed by atoms with Crippen molar-refractivity contribution in [1.29, 1.82) is 0 Å². The number of thiophene rings is 1. The Balaban J connectivity index is 1.69. The Morgan fingerprint density at radius 3 is 2.71 bits per heavy atom. The number of amides is 2. The lowest BCUT2D eigenvalue weighted by molar-refractivity contribution is -0.145. The highest BCUT2D eigenvalue weighted by Gasteiger charge is 2.23. The summed E-state index contributed by atoms with van der Waals surface area (Å²) in [4.78, 5) is 25.3. The molecule has 1 aromatic rings. The quantitative estimate of drug-likeness (QED) is 0.825. The Kier molecular flexibility index (Phi) is 6.01. The summed E-state index contributed by atoms with van der Waals surface area (Å²) in [5, 5.41) is 11.5. The number of likely N-dealkylation sites (tertiary alicyclic amines) is 1. The molecule has 0 bridgehead atoms. The number of carboxylic acids is 1. The number of nitrogens with one attached hydrogen (secondary N) is 1. The van der Waals surface area contributed by atoms with E-state index >= 15 is 0 Å². The number of urea groups is 1. The van der Waals surface area contributed by atoms with Gasteiger partial charge in [-0.25, -0.2) is 9.59 Å². The second kappa shape index (κ2) is 7.77. The lowest BCUT2D eigenvalue weighted by Gasteiger charge is -2.31. The second-order valence-electron chi connectivity index (χ2n) is 4.76. The summed E-state index contributed by atoms with van der Waals surface area (Å²) in [5.41, 5.74) is 0. The molecule has 1 fully saturated rings. The average molecular weight is 377 g/mol. The molecule has 0 saturated carbocycles. The fourth-order valence-electron chi connectivity index (χ4n) is 2.14. The number of rotatable bonds is 5. The summed E-state index contributed by atoms with van der Waals surface area (Å²) in [6, 6.07) is 3.84. The number of carbonyl (C=O) groups excluding carboxylic acids is 1. The molecule has 2 rings (SSSR count). The van der Waals surface area contributed by atoms with Gasteiger partial charge in [0.1, 0.15) is 6.61 Å². The molecule has 1 aliphatic rings. The molecule has 8 heteroatoms. The van der Waals surface area contributed by atoms with Crippen LogP contribution < -0.4 is 5.32 Å². The van der Waals surface area contributed by atoms with E-state index in [9.17, 15) is 9.59 Å². The molecule has 6 nitrogen and oxygen atoms in total. The number of hydrogen-bond donors (Lipinski definition) is 2. The van der Waals surface area contributed by atoms with Crippen molar-refractivity contribution in [3.63, 3.8) is 0 Å². The number of carboxylic acid groups (broad SMARTS) is 1. The van der Waals surface area contributed by atoms with E-state index < -0.39 is 5.97 Å². The highest BCUT2D eigenvalue weighted by atomic mass is 79.9. The Labute approximate surface area is 135 Å². The Hall–Kier alpha value is -1.12. The molecule has 1 aliphatic heterocycles. The maximum atomic E-state index is 12.0. The molecule has 2 N–H and O–H groups in total. The maximum Gasteiger partial charge on any atom is 0.329 e. The molecule has 0 spiro atoms. The van der Waals surface area contributed by atoms with Gasteiger partial charge in [-0.05, 0) is 40.9 Å². The lowest BCUT2D eigenvalue weighted by atomic mass is 10.1. The lowest BCUT2D eigenvalue weighted by Crippen LogP contribution is -2.45. The van der Waals surface area contributed by atoms with Gasteiger partial charge in [0.05, 0.1) is 16.4 Å². The third kappa shape index (κ3) is 5.29. The van der Waals surface area contributed by atoms with Gasteiger partial charge in [-0.2, -0.15) is 0 Å². The van der Waals surface area contributed by atoms with Gasteiger partial charge in [-0.3, -0.25) is 0 Å². The van der Waals surface area contributed by atoms with Gasteiger partial charge in [0.25, 0.3) is 0 Å². The van der Waals surface area contributed by atoms with Gasteiger partial charge in [-0.15, -0.1) is 11.3 Å². The third-order valence-electron chi connectivity index (χ3n) is 3.21. The van der Waals surface area contributed by atoms with Crippen LogP contribution in [0.2, 0.25) is 0 Å². The number of hydrogen-bond acceptors (Lipinski definition) is 4. The van der Waals surface area contributed by atoms with Crippen LogP contribution in [0.1, 0.15) is 17.7 Å². The van der Waals surface area contributed by atoms with Crippen LogP contribution in [0.4, 0.5) is 4.79 Å². The first-order chi connectivity index (χ1) is 10.0. The molecule has 1 aromatic heterocycles. The smallest absolute Gasteiger partial charge is 0.329 e. The minimum absolute atomic E-state index is 0.0709. The summed E-state index contributed by atoms with van der Waals surface area (Å²) in [7, 11) is 0. The third-order valence-corrected chi connectivity index (χ3v) is 4.84. The molecule has 2 heterocycles. The van der Waals surface area contributed by atoms with E-state index in [0.29, 0.717) is 32.5 Å². The number of ether oxygens (including phenoxy) is 1. The molecular weight excluding hydrogens is 360 g/mol. The summed E-state index contributed by atoms with van der Waals surface area (Å²) in [6.07, 6.45) is 1.27. The van der Waals surface area contributed by atoms with Gasteiger partial charge >= 0.3 is 12.0 Å². The van der Waals surface area contributed by atoms with Gasteiger partial charge in [-0.1, -0.05) is 0 Å². The minimum atomic E-state index is -0.961. The minimum Gasteiger partial charge on any atom is -0.480 e. The fraction of sp³-hybridized carbons (Fsp3) is 0.538. The Morgan fingerprint density at radius 1 is 1.43 bits per heavy atom. The Morgan fingerprint density at radius 2 is 2.14 bits per heavy atom. The van der Waals surface area contributed by atoms with Gasteiger partial charge < -0.3 is 20.1 Å². The molecule has 0 radical (unpaired) electrons. The Bertz CT molecular complexity index is 500. The normalized spacial score (nSPS) is 16.0. The maximum absolute atomic E-state index is 12.0. The zero-order valence-electron chi connectivity index (χ0n) is 11.4. The van der Waals surface area contributed by atoms with E-state index in [2.05, 4.69) is 21.2 Å². The number of piperidine rings is 1. The monoisotopic (exact) mass is 376 g/mol. The number of aliphatic carboxylic acids is 1. The fourth-order valence-corrected chi connectivity index (χ4v) is 3.56. The predicted molar refractivity (Wildman–Crippen MR) is 82.4 cm³/mol. The highest BCUT2D eigenvalue weighted by molar-refractivity contribution is 9.11. The zero-order chi connectivity index (χ0) is 15.2. The van der Waals surface area contributed by atoms with Gasteiger partial charge in [0.2, 0.25) is 0 Å². The van der Waals surface area contributed by atoms with Crippen LogP contribution in [-0.4, -0.2) is 47.8 Å². The SMILES string of the molecule is O=C(O)COC1CCN(C(=O)NCc2ccc(Br)s2)CC1. The predicted octanol–water partition coefficient (Wildman–Crippen LogP) is 2.29. The van der Waals surface area contributed by atoms with Crippen molar-refractivity contribution in [3.8, 4) is 0 Å². The van der Waals surface area contributed by atoms with Crippen molar-refractivity contribution >= 4 is 39.3 Å². The van der Waals surface area contributed by atoms with Crippen molar-refractivity contribution in [2.24, 2.45) is 0 Å². The second-order valence-corrected chi connectivity index (χ2v) is 7.30. The molecule has 0 unspecified atom stereocenters. The van der Waals surface area contributed by atoms with E-state index in [0.717, 1.165) is 8.66 Å². The van der Waals surface area contributed by atoms with Crippen LogP contribution in [0.3, 0.4) is 0 Å². The molecule has 116 valence electrons. The van der Waals surface area contributed by atoms with Crippen LogP contribution in [0, 0.1) is 0 Å². The van der Waals surface area contributed by atoms with Crippen molar-refractivity contribution in [1.82, 2.24) is 10.2 Å². The highest BCUT2D eigenvalue weighted by Crippen LogP contribution is 2.22. The molecule has 0 atom stereocenters. The van der Waals surface area contributed by atoms with Crippen LogP contribution in [-0.2, 0) is 16.1 Å². The molecular formula is C13H17BrN2O4S. The van der Waals surface area contributed by atoms with Crippen molar-refractivity contribution < 1.29 is 19.4 Å². The molecule has 0 aliphatic carbocycles. The summed E-state index contributed by atoms with van der Waals surface area (Å²) >= 11 is 4.98. The van der Waals surface area contributed by atoms with E-state index in [1.165, 1.54) is 0 Å². The van der Waals surface area contributed by atoms with Crippen molar-refractivity contribution in [2.75, 3.05) is 19.7 Å². The van der Waals surface area contributed by atoms with E-state index in [4.69, 9.17) is 9.84 Å². The van der Waals surface area contributed by atoms with Crippen LogP contribution in [0.25, 0.3) is 0 Å². The molecule has 1 saturated heterocycles. The molecule has 2 amide bonds. The average Bonchev–Trinajstić information content (AvgIpc) is 2.89. The van der Waals surface area contributed by atoms with Gasteiger partial charge in [0, 0.05) is 18.0 Å². The van der Waals surface area contributed by atoms with Crippen molar-refractivity contribution in [2.45, 2.75) is 25.5 Å². The first-order valence-corrected chi connectivity index (χ1v) is 8.26. The van der Waals surface area contributed by atoms with Gasteiger partial charge in [0.15, 0.2) is 0 Å². The first kappa shape index (κ1) is 16.3.